The van der Waals surface area contributed by atoms with Gasteiger partial charge in [0.2, 0.25) is 0 Å². The van der Waals surface area contributed by atoms with E-state index in [1.165, 1.54) is 6.92 Å². The molecule has 3 aromatic rings. The third kappa shape index (κ3) is 5.60. The predicted octanol–water partition coefficient (Wildman–Crippen LogP) is 5.79. The van der Waals surface area contributed by atoms with Gasteiger partial charge in [-0.3, -0.25) is 4.79 Å². The molecular weight excluding hydrogens is 682 g/mol. The molecule has 3 aromatic carbocycles. The number of dihydropyridines is 1. The number of ether oxygens (including phenoxy) is 4. The molecule has 9 rings (SSSR count). The Morgan fingerprint density at radius 2 is 2.02 bits per heavy atom. The lowest BCUT2D eigenvalue weighted by molar-refractivity contribution is -0.141. The van der Waals surface area contributed by atoms with E-state index >= 15 is 0 Å². The average Bonchev–Trinajstić information content (AvgIpc) is 3.63. The minimum Gasteiger partial charge on any atom is -0.508 e. The van der Waals surface area contributed by atoms with Crippen LogP contribution in [0.1, 0.15) is 78.0 Å². The van der Waals surface area contributed by atoms with Gasteiger partial charge in [-0.15, -0.1) is 0 Å². The summed E-state index contributed by atoms with van der Waals surface area (Å²) in [5.74, 6) is 8.45. The van der Waals surface area contributed by atoms with Crippen molar-refractivity contribution in [3.63, 3.8) is 0 Å². The normalized spacial score (nSPS) is 26.9. The molecular formula is C44H45N3O7. The number of allylic oxidation sites excluding steroid dienone is 3. The summed E-state index contributed by atoms with van der Waals surface area (Å²) in [4.78, 5) is 12.4. The van der Waals surface area contributed by atoms with Crippen molar-refractivity contribution in [2.75, 3.05) is 27.4 Å². The highest BCUT2D eigenvalue weighted by atomic mass is 16.5. The molecule has 10 nitrogen and oxygen atoms in total. The summed E-state index contributed by atoms with van der Waals surface area (Å²) in [5.41, 5.74) is 15.5. The summed E-state index contributed by atoms with van der Waals surface area (Å²) in [5, 5.41) is 29.0. The second-order valence-corrected chi connectivity index (χ2v) is 15.5. The molecule has 1 fully saturated rings. The number of hydrogen-bond donors (Lipinski definition) is 5. The summed E-state index contributed by atoms with van der Waals surface area (Å²) >= 11 is 0. The van der Waals surface area contributed by atoms with Crippen LogP contribution in [-0.4, -0.2) is 55.8 Å². The molecule has 278 valence electrons. The lowest BCUT2D eigenvalue weighted by atomic mass is 9.65. The Hall–Kier alpha value is -5.37. The largest absolute Gasteiger partial charge is 0.508 e. The van der Waals surface area contributed by atoms with Crippen LogP contribution in [0.3, 0.4) is 0 Å². The number of esters is 1. The summed E-state index contributed by atoms with van der Waals surface area (Å²) in [6, 6.07) is 9.49. The van der Waals surface area contributed by atoms with Crippen LogP contribution in [0.25, 0.3) is 17.2 Å². The maximum atomic E-state index is 12.4. The Labute approximate surface area is 315 Å². The van der Waals surface area contributed by atoms with Crippen molar-refractivity contribution < 1.29 is 34.0 Å². The molecule has 6 N–H and O–H groups in total. The number of hydrogen-bond acceptors (Lipinski definition) is 10. The lowest BCUT2D eigenvalue weighted by Crippen LogP contribution is -2.37. The fraction of sp³-hybridized carbons (Fsp3) is 0.386. The maximum Gasteiger partial charge on any atom is 0.302 e. The zero-order chi connectivity index (χ0) is 37.3. The highest BCUT2D eigenvalue weighted by molar-refractivity contribution is 5.84. The summed E-state index contributed by atoms with van der Waals surface area (Å²) < 4.78 is 25.4. The Bertz CT molecular complexity index is 2250. The molecule has 0 radical (unpaired) electrons. The van der Waals surface area contributed by atoms with Crippen molar-refractivity contribution in [2.24, 2.45) is 11.7 Å². The van der Waals surface area contributed by atoms with Crippen molar-refractivity contribution in [3.8, 4) is 51.7 Å². The number of carbonyl (C=O) groups excluding carboxylic acids is 1. The minimum absolute atomic E-state index is 0.0261. The van der Waals surface area contributed by atoms with Gasteiger partial charge in [0.05, 0.1) is 30.9 Å². The topological polar surface area (TPSA) is 145 Å². The second-order valence-electron chi connectivity index (χ2n) is 15.5. The molecule has 1 saturated carbocycles. The van der Waals surface area contributed by atoms with Crippen molar-refractivity contribution in [2.45, 2.75) is 75.1 Å². The Balaban J connectivity index is 1.32. The first kappa shape index (κ1) is 34.4. The van der Waals surface area contributed by atoms with E-state index in [1.807, 2.05) is 31.3 Å². The molecule has 0 aromatic heterocycles. The van der Waals surface area contributed by atoms with Gasteiger partial charge in [0.15, 0.2) is 11.5 Å². The van der Waals surface area contributed by atoms with Gasteiger partial charge in [0, 0.05) is 52.6 Å². The number of carbonyl (C=O) groups is 1. The highest BCUT2D eigenvalue weighted by Crippen LogP contribution is 2.63. The monoisotopic (exact) mass is 727 g/mol. The van der Waals surface area contributed by atoms with Crippen LogP contribution in [0.4, 0.5) is 0 Å². The molecule has 10 heteroatoms. The second kappa shape index (κ2) is 13.2. The first-order chi connectivity index (χ1) is 26.2. The van der Waals surface area contributed by atoms with Crippen LogP contribution in [0, 0.1) is 17.8 Å². The highest BCUT2D eigenvalue weighted by Gasteiger charge is 2.51. The SMILES string of the molecule is CNC1C=Cc2c(c(O)cc3c2C2Oc4c(ccc5c4C4(CCC(CC6=C(C#CC3)NC(N)C=C6)C4)Cc3cc(O)cc(OC)c3-5)C2COC(C)=O)OC1. The van der Waals surface area contributed by atoms with E-state index < -0.39 is 6.10 Å². The molecule has 4 bridgehead atoms. The molecule has 4 aliphatic heterocycles. The van der Waals surface area contributed by atoms with Gasteiger partial charge in [0.25, 0.3) is 0 Å². The Kier molecular flexibility index (Phi) is 8.40. The molecule has 1 spiro atoms. The van der Waals surface area contributed by atoms with E-state index in [2.05, 4.69) is 40.7 Å². The number of rotatable bonds is 4. The van der Waals surface area contributed by atoms with Crippen molar-refractivity contribution in [1.82, 2.24) is 10.6 Å². The van der Waals surface area contributed by atoms with Crippen LogP contribution in [-0.2, 0) is 27.8 Å². The smallest absolute Gasteiger partial charge is 0.302 e. The Morgan fingerprint density at radius 1 is 1.15 bits per heavy atom. The van der Waals surface area contributed by atoms with Crippen LogP contribution >= 0.6 is 0 Å². The van der Waals surface area contributed by atoms with E-state index in [0.29, 0.717) is 42.4 Å². The van der Waals surface area contributed by atoms with Gasteiger partial charge in [0.1, 0.15) is 36.6 Å². The van der Waals surface area contributed by atoms with Crippen molar-refractivity contribution in [1.29, 1.82) is 0 Å². The number of phenolic OH excluding ortho intramolecular Hbond substituents is 2. The minimum atomic E-state index is -0.599. The summed E-state index contributed by atoms with van der Waals surface area (Å²) in [6.07, 6.45) is 11.9. The van der Waals surface area contributed by atoms with Crippen LogP contribution in [0.5, 0.6) is 28.7 Å². The van der Waals surface area contributed by atoms with E-state index in [9.17, 15) is 15.0 Å². The zero-order valence-corrected chi connectivity index (χ0v) is 30.8. The third-order valence-electron chi connectivity index (χ3n) is 12.2. The summed E-state index contributed by atoms with van der Waals surface area (Å²) in [6.45, 7) is 1.86. The molecule has 0 amide bonds. The van der Waals surface area contributed by atoms with E-state index in [4.69, 9.17) is 24.7 Å². The molecule has 6 unspecified atom stereocenters. The fourth-order valence-corrected chi connectivity index (χ4v) is 9.88. The number of fused-ring (bicyclic) bond motifs is 8. The number of likely N-dealkylation sites (N-methyl/N-ethyl adjacent to an activating group) is 1. The molecule has 6 atom stereocenters. The van der Waals surface area contributed by atoms with Crippen LogP contribution < -0.4 is 30.6 Å². The van der Waals surface area contributed by atoms with Crippen molar-refractivity contribution in [3.05, 3.63) is 93.2 Å². The molecule has 6 aliphatic rings. The number of aromatic hydroxyl groups is 2. The Morgan fingerprint density at radius 3 is 2.83 bits per heavy atom. The number of nitrogens with one attached hydrogen (secondary N) is 2. The van der Waals surface area contributed by atoms with Gasteiger partial charge in [-0.2, -0.15) is 0 Å². The quantitative estimate of drug-likeness (QED) is 0.166. The average molecular weight is 728 g/mol. The van der Waals surface area contributed by atoms with Crippen molar-refractivity contribution >= 4 is 12.0 Å². The van der Waals surface area contributed by atoms with Gasteiger partial charge in [-0.1, -0.05) is 36.3 Å². The van der Waals surface area contributed by atoms with Crippen LogP contribution in [0.2, 0.25) is 0 Å². The molecule has 2 aliphatic carbocycles. The first-order valence-corrected chi connectivity index (χ1v) is 18.8. The number of benzene rings is 3. The van der Waals surface area contributed by atoms with Gasteiger partial charge in [-0.25, -0.2) is 0 Å². The summed E-state index contributed by atoms with van der Waals surface area (Å²) in [7, 11) is 3.51. The maximum absolute atomic E-state index is 12.4. The standard InChI is InChI=1S/C44H45N3O7/c1-23(48)52-22-33-30-10-11-31-38-27(16-29(49)18-36(38)51-3)20-44-14-13-24(19-44)15-25-7-12-37(45)47-34(25)6-4-5-26-17-35(50)41-32(9-8-28(46-2)21-53-41)39(26)42(33)54-43(30)40(31)44/h7-12,16-18,24,28,33,37,42,46-47,49-50H,5,13-15,19-22,45H2,1-3H3. The van der Waals surface area contributed by atoms with Gasteiger partial charge < -0.3 is 45.5 Å². The van der Waals surface area contributed by atoms with E-state index in [0.717, 1.165) is 81.6 Å². The number of methoxy groups -OCH3 is 1. The number of nitrogens with two attached hydrogens (primary N) is 1. The lowest BCUT2D eigenvalue weighted by Gasteiger charge is -2.39. The van der Waals surface area contributed by atoms with Gasteiger partial charge >= 0.3 is 5.97 Å². The predicted molar refractivity (Wildman–Crippen MR) is 204 cm³/mol. The fourth-order valence-electron chi connectivity index (χ4n) is 9.88. The zero-order valence-electron chi connectivity index (χ0n) is 30.8. The molecule has 4 heterocycles. The van der Waals surface area contributed by atoms with E-state index in [1.54, 1.807) is 19.2 Å². The van der Waals surface area contributed by atoms with E-state index in [-0.39, 0.29) is 47.6 Å². The van der Waals surface area contributed by atoms with Gasteiger partial charge in [-0.05, 0) is 91.5 Å². The van der Waals surface area contributed by atoms with Crippen LogP contribution in [0.15, 0.2) is 59.8 Å². The number of phenols is 2. The first-order valence-electron chi connectivity index (χ1n) is 18.8. The third-order valence-corrected chi connectivity index (χ3v) is 12.2. The molecule has 0 saturated heterocycles. The molecule has 54 heavy (non-hydrogen) atoms.